The summed E-state index contributed by atoms with van der Waals surface area (Å²) >= 11 is 3.67. The van der Waals surface area contributed by atoms with Gasteiger partial charge < -0.3 is 20.4 Å². The molecule has 2 unspecified atom stereocenters. The summed E-state index contributed by atoms with van der Waals surface area (Å²) in [5, 5.41) is 1.93. The molecule has 252 valence electrons. The van der Waals surface area contributed by atoms with Crippen molar-refractivity contribution in [1.82, 2.24) is 20.1 Å². The van der Waals surface area contributed by atoms with Crippen molar-refractivity contribution in [2.45, 2.75) is 68.9 Å². The predicted molar refractivity (Wildman–Crippen MR) is 179 cm³/mol. The second kappa shape index (κ2) is 25.4. The molecule has 1 saturated heterocycles. The summed E-state index contributed by atoms with van der Waals surface area (Å²) in [5.74, 6) is -3.52. The Kier molecular flexibility index (Phi) is 25.6. The molecule has 0 radical (unpaired) electrons. The van der Waals surface area contributed by atoms with Gasteiger partial charge in [-0.1, -0.05) is 62.6 Å². The quantitative estimate of drug-likeness (QED) is 0.0529. The molecule has 1 aromatic heterocycles. The number of carbonyl (C=O) groups is 4. The number of thiol groups is 1. The molecular formula is C28H42N5NaO8S4. The predicted octanol–water partition coefficient (Wildman–Crippen LogP) is 0.660. The van der Waals surface area contributed by atoms with Gasteiger partial charge in [-0.2, -0.15) is 0 Å². The van der Waals surface area contributed by atoms with Crippen molar-refractivity contribution in [1.29, 1.82) is 0 Å². The van der Waals surface area contributed by atoms with E-state index in [1.54, 1.807) is 39.9 Å². The Hall–Kier alpha value is -1.67. The fraction of sp³-hybridized carbons (Fsp3) is 0.464. The van der Waals surface area contributed by atoms with Crippen molar-refractivity contribution in [2.75, 3.05) is 20.1 Å². The molecule has 4 N–H and O–H groups in total. The molecule has 0 bridgehead atoms. The molecule has 18 heteroatoms. The number of nitrogens with zero attached hydrogens (tertiary/aromatic N) is 2. The number of amides is 3. The van der Waals surface area contributed by atoms with E-state index < -0.39 is 39.6 Å². The van der Waals surface area contributed by atoms with E-state index in [9.17, 15) is 32.1 Å². The number of carbonyl (C=O) groups excluding carboxylic acids is 4. The van der Waals surface area contributed by atoms with E-state index in [-0.39, 0.29) is 59.6 Å². The maximum absolute atomic E-state index is 12.4. The van der Waals surface area contributed by atoms with Gasteiger partial charge in [-0.25, -0.2) is 18.2 Å². The average molecular weight is 728 g/mol. The number of benzene rings is 1. The van der Waals surface area contributed by atoms with Crippen LogP contribution in [0, 0.1) is 0 Å². The van der Waals surface area contributed by atoms with E-state index in [1.807, 2.05) is 37.3 Å². The SMILES string of the molecule is C.CC(SSc1ccccn1)c1ccc(C(=O)NCCCCCC(=O)ON2C(=O)CC(S(=O)(=O)[O-])C2=O)cc1.CCNS.CN.[Na+]. The molecule has 1 aliphatic heterocycles. The molecule has 1 aromatic carbocycles. The minimum atomic E-state index is -5.02. The number of nitrogens with two attached hydrogens (primary N) is 1. The Labute approximate surface area is 307 Å². The third-order valence-corrected chi connectivity index (χ3v) is 9.78. The maximum atomic E-state index is 12.4. The van der Waals surface area contributed by atoms with Crippen LogP contribution in [-0.4, -0.2) is 72.1 Å². The van der Waals surface area contributed by atoms with Crippen LogP contribution >= 0.6 is 34.4 Å². The summed E-state index contributed by atoms with van der Waals surface area (Å²) in [6, 6.07) is 13.1. The number of imide groups is 1. The number of nitrogens with one attached hydrogen (secondary N) is 2. The third kappa shape index (κ3) is 16.9. The first-order chi connectivity index (χ1) is 21.0. The first kappa shape index (κ1) is 46.4. The summed E-state index contributed by atoms with van der Waals surface area (Å²) in [5.41, 5.74) is 6.12. The zero-order valence-electron chi connectivity index (χ0n) is 25.6. The molecular weight excluding hydrogens is 686 g/mol. The van der Waals surface area contributed by atoms with Gasteiger partial charge in [0.15, 0.2) is 0 Å². The minimum Gasteiger partial charge on any atom is -0.747 e. The van der Waals surface area contributed by atoms with Gasteiger partial charge in [-0.3, -0.25) is 19.1 Å². The van der Waals surface area contributed by atoms with Gasteiger partial charge in [-0.15, -0.1) is 5.06 Å². The van der Waals surface area contributed by atoms with E-state index in [2.05, 4.69) is 45.3 Å². The molecule has 2 heterocycles. The van der Waals surface area contributed by atoms with E-state index >= 15 is 0 Å². The number of rotatable bonds is 14. The van der Waals surface area contributed by atoms with Gasteiger partial charge in [0.1, 0.15) is 20.4 Å². The number of hydrogen-bond donors (Lipinski definition) is 4. The fourth-order valence-electron chi connectivity index (χ4n) is 3.41. The largest absolute Gasteiger partial charge is 1.00 e. The second-order valence-corrected chi connectivity index (χ2v) is 13.3. The van der Waals surface area contributed by atoms with Crippen LogP contribution in [0.2, 0.25) is 0 Å². The Bertz CT molecular complexity index is 1310. The zero-order chi connectivity index (χ0) is 33.1. The van der Waals surface area contributed by atoms with Crippen LogP contribution < -0.4 is 45.3 Å². The van der Waals surface area contributed by atoms with Gasteiger partial charge in [0, 0.05) is 36.5 Å². The summed E-state index contributed by atoms with van der Waals surface area (Å²) in [6.45, 7) is 5.39. The fourth-order valence-corrected chi connectivity index (χ4v) is 6.20. The van der Waals surface area contributed by atoms with Gasteiger partial charge in [0.05, 0.1) is 6.42 Å². The minimum absolute atomic E-state index is 0. The van der Waals surface area contributed by atoms with Crippen LogP contribution in [0.5, 0.6) is 0 Å². The van der Waals surface area contributed by atoms with Crippen LogP contribution in [0.1, 0.15) is 74.5 Å². The molecule has 0 spiro atoms. The molecule has 1 aliphatic rings. The first-order valence-corrected chi connectivity index (χ1v) is 17.7. The Morgan fingerprint density at radius 3 is 2.30 bits per heavy atom. The standard InChI is InChI=1S/C24H27N3O8S3.C2H7NS.CH5N.CH4.Na/c1-16(36-37-20-7-4-6-13-25-20)17-9-11-18(12-10-17)23(30)26-14-5-2-3-8-22(29)35-27-21(28)15-19(24(27)31)38(32,33)34;1-2-3-4;1-2;;/h4,6-7,9-13,16,19H,2-3,5,8,14-15H2,1H3,(H,26,30)(H,32,33,34);3-4H,2H2,1H3;2H2,1H3;1H4;/q;;;;+1/p-1. The zero-order valence-corrected chi connectivity index (χ0v) is 31.0. The summed E-state index contributed by atoms with van der Waals surface area (Å²) < 4.78 is 35.7. The summed E-state index contributed by atoms with van der Waals surface area (Å²) in [4.78, 5) is 56.7. The van der Waals surface area contributed by atoms with E-state index in [1.165, 1.54) is 7.05 Å². The molecule has 0 aliphatic carbocycles. The molecule has 2 atom stereocenters. The Morgan fingerprint density at radius 2 is 1.78 bits per heavy atom. The number of aromatic nitrogens is 1. The van der Waals surface area contributed by atoms with Crippen molar-refractivity contribution in [3.05, 3.63) is 59.8 Å². The summed E-state index contributed by atoms with van der Waals surface area (Å²) in [6.07, 6.45) is 2.26. The monoisotopic (exact) mass is 727 g/mol. The van der Waals surface area contributed by atoms with Gasteiger partial charge in [0.2, 0.25) is 0 Å². The third-order valence-electron chi connectivity index (χ3n) is 5.66. The first-order valence-electron chi connectivity index (χ1n) is 13.6. The van der Waals surface area contributed by atoms with Crippen molar-refractivity contribution < 1.29 is 66.5 Å². The maximum Gasteiger partial charge on any atom is 1.00 e. The van der Waals surface area contributed by atoms with Crippen LogP contribution in [0.15, 0.2) is 53.7 Å². The van der Waals surface area contributed by atoms with Gasteiger partial charge >= 0.3 is 35.5 Å². The summed E-state index contributed by atoms with van der Waals surface area (Å²) in [7, 11) is -0.246. The topological polar surface area (TPSA) is 201 Å². The van der Waals surface area contributed by atoms with Crippen LogP contribution in [0.4, 0.5) is 0 Å². The Balaban J connectivity index is 0. The number of hydrogen-bond acceptors (Lipinski definition) is 14. The normalized spacial score (nSPS) is 14.3. The molecule has 3 amide bonds. The van der Waals surface area contributed by atoms with E-state index in [0.29, 0.717) is 31.4 Å². The molecule has 2 aromatic rings. The average Bonchev–Trinajstić information content (AvgIpc) is 3.32. The number of unbranched alkanes of at least 4 members (excludes halogenated alkanes) is 2. The smallest absolute Gasteiger partial charge is 0.747 e. The molecule has 1 fully saturated rings. The van der Waals surface area contributed by atoms with E-state index in [0.717, 1.165) is 17.1 Å². The van der Waals surface area contributed by atoms with E-state index in [4.69, 9.17) is 0 Å². The van der Waals surface area contributed by atoms with Crippen molar-refractivity contribution in [3.8, 4) is 0 Å². The molecule has 46 heavy (non-hydrogen) atoms. The van der Waals surface area contributed by atoms with Crippen molar-refractivity contribution >= 4 is 68.2 Å². The van der Waals surface area contributed by atoms with Gasteiger partial charge in [0.25, 0.3) is 17.7 Å². The van der Waals surface area contributed by atoms with Gasteiger partial charge in [-0.05, 0) is 67.4 Å². The second-order valence-electron chi connectivity index (χ2n) is 8.87. The number of pyridine rings is 1. The molecule has 0 saturated carbocycles. The van der Waals surface area contributed by atoms with Crippen LogP contribution in [0.25, 0.3) is 0 Å². The van der Waals surface area contributed by atoms with Crippen LogP contribution in [-0.2, 0) is 29.3 Å². The molecule has 3 rings (SSSR count). The molecule has 13 nitrogen and oxygen atoms in total. The Morgan fingerprint density at radius 1 is 1.15 bits per heavy atom. The van der Waals surface area contributed by atoms with Crippen molar-refractivity contribution in [2.24, 2.45) is 5.73 Å². The number of hydroxylamine groups is 2. The van der Waals surface area contributed by atoms with Crippen molar-refractivity contribution in [3.63, 3.8) is 0 Å². The van der Waals surface area contributed by atoms with Crippen LogP contribution in [0.3, 0.4) is 0 Å².